The Hall–Kier alpha value is -1.04. The maximum absolute atomic E-state index is 13.5. The fourth-order valence-corrected chi connectivity index (χ4v) is 1.32. The summed E-state index contributed by atoms with van der Waals surface area (Å²) in [7, 11) is 0. The van der Waals surface area contributed by atoms with E-state index >= 15 is 0 Å². The number of rotatable bonds is 6. The molecule has 96 valence electrons. The van der Waals surface area contributed by atoms with Crippen LogP contribution in [0.3, 0.4) is 0 Å². The third kappa shape index (κ3) is 4.38. The molecule has 1 aromatic rings. The van der Waals surface area contributed by atoms with Crippen molar-refractivity contribution < 1.29 is 4.39 Å². The summed E-state index contributed by atoms with van der Waals surface area (Å²) in [5, 5.41) is 5.97. The molecule has 1 rings (SSSR count). The van der Waals surface area contributed by atoms with Crippen molar-refractivity contribution in [2.24, 2.45) is 0 Å². The van der Waals surface area contributed by atoms with Gasteiger partial charge in [0.25, 0.3) is 0 Å². The molecule has 0 saturated carbocycles. The van der Waals surface area contributed by atoms with Crippen LogP contribution in [0, 0.1) is 5.82 Å². The van der Waals surface area contributed by atoms with E-state index in [9.17, 15) is 4.39 Å². The van der Waals surface area contributed by atoms with Crippen molar-refractivity contribution in [3.63, 3.8) is 0 Å². The number of hydrogen-bond donors (Lipinski definition) is 2. The van der Waals surface area contributed by atoms with Crippen LogP contribution >= 0.6 is 11.8 Å². The van der Waals surface area contributed by atoms with Crippen molar-refractivity contribution in [1.82, 2.24) is 9.97 Å². The zero-order chi connectivity index (χ0) is 12.9. The molecule has 0 atom stereocenters. The normalized spacial score (nSPS) is 11.4. The zero-order valence-electron chi connectivity index (χ0n) is 10.7. The minimum Gasteiger partial charge on any atom is -0.366 e. The van der Waals surface area contributed by atoms with E-state index in [0.29, 0.717) is 19.0 Å². The molecule has 0 bridgehead atoms. The third-order valence-corrected chi connectivity index (χ3v) is 3.56. The molecule has 0 aliphatic heterocycles. The maximum atomic E-state index is 13.5. The molecule has 0 spiro atoms. The average molecular weight is 258 g/mol. The van der Waals surface area contributed by atoms with Gasteiger partial charge in [0.1, 0.15) is 0 Å². The van der Waals surface area contributed by atoms with Gasteiger partial charge in [0.05, 0.1) is 6.20 Å². The number of hydrogen-bond acceptors (Lipinski definition) is 5. The Balaban J connectivity index is 2.72. The molecule has 0 amide bonds. The topological polar surface area (TPSA) is 49.8 Å². The Bertz CT molecular complexity index is 370. The Kier molecular flexibility index (Phi) is 4.99. The summed E-state index contributed by atoms with van der Waals surface area (Å²) in [6, 6.07) is 0. The molecule has 6 heteroatoms. The van der Waals surface area contributed by atoms with Gasteiger partial charge in [-0.2, -0.15) is 16.7 Å². The first-order valence-corrected chi connectivity index (χ1v) is 6.76. The van der Waals surface area contributed by atoms with Crippen LogP contribution in [0.4, 0.5) is 16.2 Å². The summed E-state index contributed by atoms with van der Waals surface area (Å²) in [6.45, 7) is 7.48. The Labute approximate surface area is 106 Å². The largest absolute Gasteiger partial charge is 0.366 e. The first-order chi connectivity index (χ1) is 7.98. The van der Waals surface area contributed by atoms with Gasteiger partial charge < -0.3 is 10.6 Å². The van der Waals surface area contributed by atoms with Gasteiger partial charge in [-0.05, 0) is 27.0 Å². The van der Waals surface area contributed by atoms with Crippen molar-refractivity contribution in [3.05, 3.63) is 12.0 Å². The van der Waals surface area contributed by atoms with E-state index in [0.717, 1.165) is 0 Å². The van der Waals surface area contributed by atoms with Gasteiger partial charge in [0.2, 0.25) is 5.95 Å². The van der Waals surface area contributed by atoms with Crippen LogP contribution in [0.25, 0.3) is 0 Å². The first-order valence-electron chi connectivity index (χ1n) is 5.54. The lowest BCUT2D eigenvalue weighted by molar-refractivity contribution is 0.614. The molecular formula is C11H19FN4S. The van der Waals surface area contributed by atoms with Gasteiger partial charge in [-0.1, -0.05) is 0 Å². The molecule has 0 fully saturated rings. The molecule has 0 radical (unpaired) electrons. The van der Waals surface area contributed by atoms with Crippen LogP contribution in [-0.4, -0.2) is 34.1 Å². The lowest BCUT2D eigenvalue weighted by Gasteiger charge is -2.22. The first kappa shape index (κ1) is 14.0. The number of nitrogens with one attached hydrogen (secondary N) is 2. The quantitative estimate of drug-likeness (QED) is 0.821. The molecule has 2 N–H and O–H groups in total. The van der Waals surface area contributed by atoms with Crippen molar-refractivity contribution in [3.8, 4) is 0 Å². The highest BCUT2D eigenvalue weighted by Gasteiger charge is 2.17. The van der Waals surface area contributed by atoms with Crippen molar-refractivity contribution >= 4 is 23.5 Å². The monoisotopic (exact) mass is 258 g/mol. The third-order valence-electron chi connectivity index (χ3n) is 2.31. The van der Waals surface area contributed by atoms with E-state index < -0.39 is 5.82 Å². The summed E-state index contributed by atoms with van der Waals surface area (Å²) in [4.78, 5) is 7.93. The summed E-state index contributed by atoms with van der Waals surface area (Å²) < 4.78 is 13.5. The molecule has 1 heterocycles. The maximum Gasteiger partial charge on any atom is 0.224 e. The molecule has 0 aromatic carbocycles. The molecular weight excluding hydrogens is 239 g/mol. The lowest BCUT2D eigenvalue weighted by Crippen LogP contribution is -2.26. The molecule has 0 aliphatic carbocycles. The number of anilines is 2. The van der Waals surface area contributed by atoms with Gasteiger partial charge in [0, 0.05) is 17.8 Å². The Morgan fingerprint density at radius 1 is 1.41 bits per heavy atom. The second kappa shape index (κ2) is 6.05. The molecule has 17 heavy (non-hydrogen) atoms. The van der Waals surface area contributed by atoms with Gasteiger partial charge in [0.15, 0.2) is 11.6 Å². The summed E-state index contributed by atoms with van der Waals surface area (Å²) in [5.41, 5.74) is 0. The fourth-order valence-electron chi connectivity index (χ4n) is 1.10. The highest BCUT2D eigenvalue weighted by atomic mass is 32.2. The van der Waals surface area contributed by atoms with Crippen molar-refractivity contribution in [2.45, 2.75) is 25.5 Å². The van der Waals surface area contributed by atoms with Crippen LogP contribution in [0.15, 0.2) is 6.20 Å². The number of aromatic nitrogens is 2. The summed E-state index contributed by atoms with van der Waals surface area (Å²) in [6.07, 6.45) is 3.21. The van der Waals surface area contributed by atoms with Crippen LogP contribution in [0.1, 0.15) is 20.8 Å². The lowest BCUT2D eigenvalue weighted by atomic mass is 10.2. The molecule has 0 saturated heterocycles. The van der Waals surface area contributed by atoms with E-state index in [2.05, 4.69) is 34.4 Å². The molecule has 0 aliphatic rings. The zero-order valence-corrected chi connectivity index (χ0v) is 11.5. The fraction of sp³-hybridized carbons (Fsp3) is 0.636. The molecule has 0 unspecified atom stereocenters. The molecule has 4 nitrogen and oxygen atoms in total. The smallest absolute Gasteiger partial charge is 0.224 e. The van der Waals surface area contributed by atoms with Gasteiger partial charge in [-0.15, -0.1) is 0 Å². The minimum atomic E-state index is -0.427. The predicted octanol–water partition coefficient (Wildman–Crippen LogP) is 2.60. The number of nitrogens with zero attached hydrogens (tertiary/aromatic N) is 2. The van der Waals surface area contributed by atoms with Crippen LogP contribution in [0.2, 0.25) is 0 Å². The Morgan fingerprint density at radius 3 is 2.71 bits per heavy atom. The molecule has 1 aromatic heterocycles. The summed E-state index contributed by atoms with van der Waals surface area (Å²) in [5.74, 6) is 0.264. The van der Waals surface area contributed by atoms with Gasteiger partial charge in [-0.3, -0.25) is 0 Å². The van der Waals surface area contributed by atoms with E-state index in [1.807, 2.05) is 13.2 Å². The van der Waals surface area contributed by atoms with Crippen LogP contribution in [-0.2, 0) is 0 Å². The highest BCUT2D eigenvalue weighted by Crippen LogP contribution is 2.22. The van der Waals surface area contributed by atoms with Crippen LogP contribution in [0.5, 0.6) is 0 Å². The van der Waals surface area contributed by atoms with Gasteiger partial charge >= 0.3 is 0 Å². The Morgan fingerprint density at radius 2 is 2.12 bits per heavy atom. The number of thioether (sulfide) groups is 1. The standard InChI is InChI=1S/C11H19FN4S/c1-5-13-10-14-6-8(12)9(16-10)15-7-11(2,3)17-4/h6H,5,7H2,1-4H3,(H2,13,14,15,16). The number of halogens is 1. The van der Waals surface area contributed by atoms with E-state index in [1.54, 1.807) is 11.8 Å². The average Bonchev–Trinajstić information content (AvgIpc) is 2.30. The second-order valence-electron chi connectivity index (χ2n) is 4.24. The van der Waals surface area contributed by atoms with Crippen molar-refractivity contribution in [1.29, 1.82) is 0 Å². The van der Waals surface area contributed by atoms with Crippen molar-refractivity contribution in [2.75, 3.05) is 30.0 Å². The van der Waals surface area contributed by atoms with E-state index in [4.69, 9.17) is 0 Å². The van der Waals surface area contributed by atoms with E-state index in [1.165, 1.54) is 6.20 Å². The predicted molar refractivity (Wildman–Crippen MR) is 72.2 cm³/mol. The summed E-state index contributed by atoms with van der Waals surface area (Å²) >= 11 is 1.72. The van der Waals surface area contributed by atoms with Gasteiger partial charge in [-0.25, -0.2) is 9.37 Å². The second-order valence-corrected chi connectivity index (χ2v) is 5.75. The SMILES string of the molecule is CCNc1ncc(F)c(NCC(C)(C)SC)n1. The highest BCUT2D eigenvalue weighted by molar-refractivity contribution is 7.99. The van der Waals surface area contributed by atoms with Crippen LogP contribution < -0.4 is 10.6 Å². The van der Waals surface area contributed by atoms with E-state index in [-0.39, 0.29) is 10.6 Å². The minimum absolute atomic E-state index is 0.0374.